The normalized spacial score (nSPS) is 17.2. The summed E-state index contributed by atoms with van der Waals surface area (Å²) in [4.78, 5) is 2.27. The molecule has 5 nitrogen and oxygen atoms in total. The van der Waals surface area contributed by atoms with Gasteiger partial charge in [-0.2, -0.15) is 11.3 Å². The minimum absolute atomic E-state index is 0.0216. The highest BCUT2D eigenvalue weighted by Crippen LogP contribution is 2.27. The molecule has 0 bridgehead atoms. The number of hydrogen-bond donors (Lipinski definition) is 1. The van der Waals surface area contributed by atoms with Gasteiger partial charge in [-0.3, -0.25) is 4.90 Å². The molecule has 0 radical (unpaired) electrons. The number of nitrogens with one attached hydrogen (secondary N) is 1. The first-order valence-electron chi connectivity index (χ1n) is 9.69. The molecule has 1 fully saturated rings. The molecule has 0 amide bonds. The lowest BCUT2D eigenvalue weighted by Crippen LogP contribution is -2.38. The number of likely N-dealkylation sites (tertiary alicyclic amines) is 1. The van der Waals surface area contributed by atoms with Crippen molar-refractivity contribution in [2.75, 3.05) is 26.2 Å². The molecule has 1 aromatic heterocycles. The fourth-order valence-electron chi connectivity index (χ4n) is 3.52. The molecule has 2 aromatic rings. The van der Waals surface area contributed by atoms with E-state index in [9.17, 15) is 12.8 Å². The maximum atomic E-state index is 14.1. The highest BCUT2D eigenvalue weighted by Gasteiger charge is 2.25. The second-order valence-electron chi connectivity index (χ2n) is 6.90. The third-order valence-corrected chi connectivity index (χ3v) is 7.11. The van der Waals surface area contributed by atoms with Crippen LogP contribution in [-0.4, -0.2) is 39.6 Å². The van der Waals surface area contributed by atoms with Crippen molar-refractivity contribution in [3.05, 3.63) is 46.4 Å². The van der Waals surface area contributed by atoms with Crippen molar-refractivity contribution >= 4 is 21.4 Å². The summed E-state index contributed by atoms with van der Waals surface area (Å²) in [6.07, 6.45) is 4.67. The van der Waals surface area contributed by atoms with Crippen LogP contribution in [-0.2, 0) is 10.0 Å². The van der Waals surface area contributed by atoms with E-state index < -0.39 is 15.8 Å². The minimum Gasteiger partial charge on any atom is -0.491 e. The van der Waals surface area contributed by atoms with Gasteiger partial charge in [-0.1, -0.05) is 12.8 Å². The van der Waals surface area contributed by atoms with Crippen molar-refractivity contribution < 1.29 is 17.5 Å². The molecule has 28 heavy (non-hydrogen) atoms. The van der Waals surface area contributed by atoms with Crippen LogP contribution in [0.1, 0.15) is 44.2 Å². The zero-order valence-electron chi connectivity index (χ0n) is 16.1. The van der Waals surface area contributed by atoms with Crippen LogP contribution in [0.4, 0.5) is 4.39 Å². The zero-order valence-corrected chi connectivity index (χ0v) is 17.7. The molecule has 1 aliphatic rings. The molecular formula is C20H27FN2O3S2. The number of ether oxygens (including phenoxy) is 1. The monoisotopic (exact) mass is 426 g/mol. The second-order valence-corrected chi connectivity index (χ2v) is 9.45. The molecule has 0 aliphatic carbocycles. The molecule has 8 heteroatoms. The molecule has 154 valence electrons. The van der Waals surface area contributed by atoms with Crippen LogP contribution >= 0.6 is 11.3 Å². The van der Waals surface area contributed by atoms with E-state index >= 15 is 0 Å². The van der Waals surface area contributed by atoms with Gasteiger partial charge in [0.25, 0.3) is 0 Å². The molecule has 1 aliphatic heterocycles. The van der Waals surface area contributed by atoms with Crippen molar-refractivity contribution in [2.45, 2.75) is 43.5 Å². The van der Waals surface area contributed by atoms with E-state index in [-0.39, 0.29) is 23.2 Å². The minimum atomic E-state index is -3.82. The Morgan fingerprint density at radius 1 is 1.21 bits per heavy atom. The van der Waals surface area contributed by atoms with Crippen LogP contribution < -0.4 is 9.46 Å². The molecule has 1 aromatic carbocycles. The van der Waals surface area contributed by atoms with E-state index in [1.807, 2.05) is 11.4 Å². The predicted molar refractivity (Wildman–Crippen MR) is 110 cm³/mol. The first-order chi connectivity index (χ1) is 13.5. The van der Waals surface area contributed by atoms with Crippen molar-refractivity contribution in [1.29, 1.82) is 0 Å². The highest BCUT2D eigenvalue weighted by molar-refractivity contribution is 7.89. The van der Waals surface area contributed by atoms with Crippen LogP contribution in [0.25, 0.3) is 0 Å². The van der Waals surface area contributed by atoms with Crippen LogP contribution in [0.3, 0.4) is 0 Å². The number of hydrogen-bond acceptors (Lipinski definition) is 5. The van der Waals surface area contributed by atoms with E-state index in [1.54, 1.807) is 18.3 Å². The lowest BCUT2D eigenvalue weighted by atomic mass is 10.1. The molecular weight excluding hydrogens is 399 g/mol. The fraction of sp³-hybridized carbons (Fsp3) is 0.500. The van der Waals surface area contributed by atoms with Gasteiger partial charge in [0.1, 0.15) is 0 Å². The Balaban J connectivity index is 1.75. The van der Waals surface area contributed by atoms with Crippen LogP contribution in [0.5, 0.6) is 5.75 Å². The van der Waals surface area contributed by atoms with E-state index in [0.29, 0.717) is 6.61 Å². The Morgan fingerprint density at radius 2 is 1.96 bits per heavy atom. The van der Waals surface area contributed by atoms with Gasteiger partial charge in [-0.05, 0) is 73.4 Å². The summed E-state index contributed by atoms with van der Waals surface area (Å²) in [5, 5.41) is 4.08. The van der Waals surface area contributed by atoms with Crippen molar-refractivity contribution in [3.8, 4) is 5.75 Å². The fourth-order valence-corrected chi connectivity index (χ4v) is 5.28. The van der Waals surface area contributed by atoms with Gasteiger partial charge in [-0.15, -0.1) is 0 Å². The van der Waals surface area contributed by atoms with Gasteiger partial charge in [0.2, 0.25) is 10.0 Å². The number of sulfonamides is 1. The van der Waals surface area contributed by atoms with Gasteiger partial charge >= 0.3 is 0 Å². The summed E-state index contributed by atoms with van der Waals surface area (Å²) in [5.41, 5.74) is 1.12. The molecule has 1 N–H and O–H groups in total. The quantitative estimate of drug-likeness (QED) is 0.688. The van der Waals surface area contributed by atoms with Gasteiger partial charge in [0.05, 0.1) is 11.5 Å². The van der Waals surface area contributed by atoms with E-state index in [0.717, 1.165) is 37.6 Å². The predicted octanol–water partition coefficient (Wildman–Crippen LogP) is 4.18. The molecule has 0 saturated carbocycles. The summed E-state index contributed by atoms with van der Waals surface area (Å²) >= 11 is 1.61. The van der Waals surface area contributed by atoms with E-state index in [1.165, 1.54) is 25.0 Å². The lowest BCUT2D eigenvalue weighted by Gasteiger charge is -2.30. The van der Waals surface area contributed by atoms with Crippen molar-refractivity contribution in [3.63, 3.8) is 0 Å². The molecule has 1 atom stereocenters. The highest BCUT2D eigenvalue weighted by atomic mass is 32.2. The third-order valence-electron chi connectivity index (χ3n) is 4.99. The Kier molecular flexibility index (Phi) is 7.45. The maximum absolute atomic E-state index is 14.1. The Bertz CT molecular complexity index is 848. The van der Waals surface area contributed by atoms with Gasteiger partial charge < -0.3 is 4.74 Å². The number of benzene rings is 1. The standard InChI is InChI=1S/C20H27FN2O3S2/c1-2-26-20-8-7-17(13-18(20)21)28(24,25)22-14-19(16-9-12-27-15-16)23-10-5-3-4-6-11-23/h7-9,12-13,15,19,22H,2-6,10-11,14H2,1H3/t19-/m1/s1. The lowest BCUT2D eigenvalue weighted by molar-refractivity contribution is 0.206. The molecule has 0 spiro atoms. The topological polar surface area (TPSA) is 58.6 Å². The summed E-state index contributed by atoms with van der Waals surface area (Å²) in [5.74, 6) is -0.617. The van der Waals surface area contributed by atoms with E-state index in [4.69, 9.17) is 4.74 Å². The van der Waals surface area contributed by atoms with Crippen molar-refractivity contribution in [2.24, 2.45) is 0 Å². The maximum Gasteiger partial charge on any atom is 0.240 e. The summed E-state index contributed by atoms with van der Waals surface area (Å²) in [6.45, 7) is 4.24. The Morgan fingerprint density at radius 3 is 2.57 bits per heavy atom. The smallest absolute Gasteiger partial charge is 0.240 e. The first kappa shape index (κ1) is 21.2. The molecule has 1 saturated heterocycles. The number of thiophene rings is 1. The van der Waals surface area contributed by atoms with Crippen LogP contribution in [0.2, 0.25) is 0 Å². The van der Waals surface area contributed by atoms with Crippen molar-refractivity contribution in [1.82, 2.24) is 9.62 Å². The third kappa shape index (κ3) is 5.31. The average Bonchev–Trinajstić information content (AvgIpc) is 3.06. The number of halogens is 1. The second kappa shape index (κ2) is 9.82. The van der Waals surface area contributed by atoms with Gasteiger partial charge in [0.15, 0.2) is 11.6 Å². The Labute approximate surface area is 170 Å². The zero-order chi connectivity index (χ0) is 20.0. The summed E-state index contributed by atoms with van der Waals surface area (Å²) in [6, 6.07) is 5.77. The van der Waals surface area contributed by atoms with Gasteiger partial charge in [0, 0.05) is 12.6 Å². The van der Waals surface area contributed by atoms with E-state index in [2.05, 4.69) is 15.0 Å². The largest absolute Gasteiger partial charge is 0.491 e. The summed E-state index contributed by atoms with van der Waals surface area (Å²) < 4.78 is 47.4. The average molecular weight is 427 g/mol. The molecule has 0 unspecified atom stereocenters. The SMILES string of the molecule is CCOc1ccc(S(=O)(=O)NC[C@H](c2ccsc2)N2CCCCCC2)cc1F. The van der Waals surface area contributed by atoms with Crippen LogP contribution in [0, 0.1) is 5.82 Å². The summed E-state index contributed by atoms with van der Waals surface area (Å²) in [7, 11) is -3.82. The van der Waals surface area contributed by atoms with Crippen LogP contribution in [0.15, 0.2) is 39.9 Å². The number of rotatable bonds is 8. The van der Waals surface area contributed by atoms with Gasteiger partial charge in [-0.25, -0.2) is 17.5 Å². The Hall–Kier alpha value is -1.48. The molecule has 2 heterocycles. The molecule has 3 rings (SSSR count). The number of nitrogens with zero attached hydrogens (tertiary/aromatic N) is 1. The first-order valence-corrected chi connectivity index (χ1v) is 12.1.